The predicted molar refractivity (Wildman–Crippen MR) is 61.7 cm³/mol. The molecule has 0 spiro atoms. The molecule has 0 aliphatic carbocycles. The number of hydrogen-bond acceptors (Lipinski definition) is 4. The van der Waals surface area contributed by atoms with Gasteiger partial charge in [0.15, 0.2) is 5.60 Å². The lowest BCUT2D eigenvalue weighted by molar-refractivity contribution is -0.0727. The van der Waals surface area contributed by atoms with Crippen molar-refractivity contribution in [3.8, 4) is 6.07 Å². The van der Waals surface area contributed by atoms with Crippen LogP contribution in [0.4, 0.5) is 0 Å². The Morgan fingerprint density at radius 1 is 1.53 bits per heavy atom. The summed E-state index contributed by atoms with van der Waals surface area (Å²) in [5.41, 5.74) is -0.770. The van der Waals surface area contributed by atoms with Gasteiger partial charge < -0.3 is 9.84 Å². The molecule has 0 saturated carbocycles. The highest BCUT2D eigenvalue weighted by atomic mass is 32.2. The van der Waals surface area contributed by atoms with Crippen LogP contribution in [0.2, 0.25) is 0 Å². The molecule has 15 heavy (non-hydrogen) atoms. The van der Waals surface area contributed by atoms with Crippen molar-refractivity contribution >= 4 is 11.8 Å². The van der Waals surface area contributed by atoms with Gasteiger partial charge in [0.1, 0.15) is 0 Å². The molecule has 1 fully saturated rings. The minimum atomic E-state index is -0.676. The Morgan fingerprint density at radius 3 is 2.80 bits per heavy atom. The van der Waals surface area contributed by atoms with Gasteiger partial charge in [-0.3, -0.25) is 0 Å². The number of rotatable bonds is 4. The summed E-state index contributed by atoms with van der Waals surface area (Å²) in [5, 5.41) is 18.0. The quantitative estimate of drug-likeness (QED) is 0.747. The Balaban J connectivity index is 2.68. The zero-order valence-electron chi connectivity index (χ0n) is 9.45. The Hall–Kier alpha value is -0.240. The largest absolute Gasteiger partial charge is 0.396 e. The average Bonchev–Trinajstić information content (AvgIpc) is 2.21. The highest BCUT2D eigenvalue weighted by Gasteiger charge is 2.48. The first-order chi connectivity index (χ1) is 7.08. The Labute approximate surface area is 95.8 Å². The van der Waals surface area contributed by atoms with Gasteiger partial charge in [0, 0.05) is 17.8 Å². The normalized spacial score (nSPS) is 29.7. The highest BCUT2D eigenvalue weighted by Crippen LogP contribution is 2.44. The zero-order valence-corrected chi connectivity index (χ0v) is 10.3. The van der Waals surface area contributed by atoms with Crippen molar-refractivity contribution in [2.45, 2.75) is 32.3 Å². The Kier molecular flexibility index (Phi) is 4.45. The van der Waals surface area contributed by atoms with Crippen LogP contribution in [0.1, 0.15) is 26.7 Å². The molecule has 4 heteroatoms. The van der Waals surface area contributed by atoms with Gasteiger partial charge in [0.2, 0.25) is 0 Å². The Bertz CT molecular complexity index is 249. The van der Waals surface area contributed by atoms with E-state index >= 15 is 0 Å². The van der Waals surface area contributed by atoms with Crippen molar-refractivity contribution in [1.29, 1.82) is 5.26 Å². The minimum Gasteiger partial charge on any atom is -0.396 e. The van der Waals surface area contributed by atoms with E-state index in [0.717, 1.165) is 17.9 Å². The Morgan fingerprint density at radius 2 is 2.27 bits per heavy atom. The van der Waals surface area contributed by atoms with Crippen molar-refractivity contribution < 1.29 is 9.84 Å². The van der Waals surface area contributed by atoms with Crippen LogP contribution in [0.15, 0.2) is 0 Å². The van der Waals surface area contributed by atoms with E-state index in [-0.39, 0.29) is 12.0 Å². The average molecular weight is 229 g/mol. The summed E-state index contributed by atoms with van der Waals surface area (Å²) in [6.45, 7) is 4.77. The fraction of sp³-hybridized carbons (Fsp3) is 0.909. The molecule has 0 aromatic heterocycles. The van der Waals surface area contributed by atoms with Crippen molar-refractivity contribution in [3.63, 3.8) is 0 Å². The molecule has 86 valence electrons. The molecule has 1 atom stereocenters. The van der Waals surface area contributed by atoms with Gasteiger partial charge in [-0.1, -0.05) is 13.8 Å². The van der Waals surface area contributed by atoms with Gasteiger partial charge in [0.25, 0.3) is 0 Å². The van der Waals surface area contributed by atoms with Crippen LogP contribution in [-0.4, -0.2) is 35.4 Å². The van der Waals surface area contributed by atoms with Crippen LogP contribution in [0.25, 0.3) is 0 Å². The maximum absolute atomic E-state index is 9.33. The summed E-state index contributed by atoms with van der Waals surface area (Å²) in [4.78, 5) is 0. The number of nitrogens with zero attached hydrogens (tertiary/aromatic N) is 1. The lowest BCUT2D eigenvalue weighted by atomic mass is 9.74. The second-order valence-electron chi connectivity index (χ2n) is 4.55. The van der Waals surface area contributed by atoms with Gasteiger partial charge in [-0.05, 0) is 18.6 Å². The third-order valence-electron chi connectivity index (χ3n) is 3.10. The molecule has 1 saturated heterocycles. The molecule has 1 rings (SSSR count). The smallest absolute Gasteiger partial charge is 0.168 e. The minimum absolute atomic E-state index is 0.0948. The second-order valence-corrected chi connectivity index (χ2v) is 5.66. The lowest BCUT2D eigenvalue weighted by Gasteiger charge is -2.44. The highest BCUT2D eigenvalue weighted by molar-refractivity contribution is 7.99. The summed E-state index contributed by atoms with van der Waals surface area (Å²) in [7, 11) is 0. The van der Waals surface area contributed by atoms with E-state index < -0.39 is 5.60 Å². The molecular weight excluding hydrogens is 210 g/mol. The molecule has 0 bridgehead atoms. The number of ether oxygens (including phenoxy) is 1. The second kappa shape index (κ2) is 5.20. The number of aliphatic hydroxyl groups is 1. The van der Waals surface area contributed by atoms with Crippen LogP contribution in [0, 0.1) is 16.7 Å². The molecule has 1 aliphatic rings. The zero-order chi connectivity index (χ0) is 11.4. The van der Waals surface area contributed by atoms with E-state index in [1.54, 1.807) is 11.8 Å². The molecule has 0 amide bonds. The van der Waals surface area contributed by atoms with E-state index in [4.69, 9.17) is 9.84 Å². The van der Waals surface area contributed by atoms with E-state index in [9.17, 15) is 5.26 Å². The third kappa shape index (κ3) is 2.66. The van der Waals surface area contributed by atoms with E-state index in [1.165, 1.54) is 0 Å². The van der Waals surface area contributed by atoms with Crippen LogP contribution < -0.4 is 0 Å². The van der Waals surface area contributed by atoms with Crippen molar-refractivity contribution in [3.05, 3.63) is 0 Å². The monoisotopic (exact) mass is 229 g/mol. The van der Waals surface area contributed by atoms with Gasteiger partial charge in [0.05, 0.1) is 12.7 Å². The molecule has 1 aliphatic heterocycles. The van der Waals surface area contributed by atoms with Crippen molar-refractivity contribution in [2.75, 3.05) is 24.7 Å². The molecule has 1 unspecified atom stereocenters. The molecule has 0 radical (unpaired) electrons. The van der Waals surface area contributed by atoms with E-state index in [2.05, 4.69) is 19.9 Å². The van der Waals surface area contributed by atoms with Crippen LogP contribution >= 0.6 is 11.8 Å². The lowest BCUT2D eigenvalue weighted by Crippen LogP contribution is -2.51. The summed E-state index contributed by atoms with van der Waals surface area (Å²) in [6.07, 6.45) is 1.61. The predicted octanol–water partition coefficient (Wildman–Crippen LogP) is 1.81. The number of nitriles is 1. The van der Waals surface area contributed by atoms with Gasteiger partial charge in [-0.15, -0.1) is 0 Å². The summed E-state index contributed by atoms with van der Waals surface area (Å²) >= 11 is 1.78. The van der Waals surface area contributed by atoms with E-state index in [0.29, 0.717) is 13.0 Å². The van der Waals surface area contributed by atoms with Gasteiger partial charge >= 0.3 is 0 Å². The van der Waals surface area contributed by atoms with Crippen molar-refractivity contribution in [1.82, 2.24) is 0 Å². The standard InChI is InChI=1S/C11H19NO2S/c1-10(2)4-7-15-9-11(10,8-12)14-6-3-5-13/h13H,3-7,9H2,1-2H3. The third-order valence-corrected chi connectivity index (χ3v) is 4.20. The molecular formula is C11H19NO2S. The summed E-state index contributed by atoms with van der Waals surface area (Å²) in [5.74, 6) is 1.84. The molecule has 0 aromatic rings. The fourth-order valence-corrected chi connectivity index (χ4v) is 3.33. The first-order valence-corrected chi connectivity index (χ1v) is 6.47. The summed E-state index contributed by atoms with van der Waals surface area (Å²) < 4.78 is 5.73. The number of aliphatic hydroxyl groups excluding tert-OH is 1. The maximum atomic E-state index is 9.33. The van der Waals surface area contributed by atoms with E-state index in [1.807, 2.05) is 0 Å². The maximum Gasteiger partial charge on any atom is 0.168 e. The van der Waals surface area contributed by atoms with Crippen molar-refractivity contribution in [2.24, 2.45) is 5.41 Å². The number of thioether (sulfide) groups is 1. The SMILES string of the molecule is CC1(C)CCSCC1(C#N)OCCCO. The molecule has 3 nitrogen and oxygen atoms in total. The molecule has 1 heterocycles. The topological polar surface area (TPSA) is 53.2 Å². The van der Waals surface area contributed by atoms with Gasteiger partial charge in [-0.25, -0.2) is 0 Å². The first-order valence-electron chi connectivity index (χ1n) is 5.32. The summed E-state index contributed by atoms with van der Waals surface area (Å²) in [6, 6.07) is 2.34. The fourth-order valence-electron chi connectivity index (χ4n) is 1.70. The molecule has 0 aromatic carbocycles. The van der Waals surface area contributed by atoms with Crippen LogP contribution in [-0.2, 0) is 4.74 Å². The van der Waals surface area contributed by atoms with Gasteiger partial charge in [-0.2, -0.15) is 17.0 Å². The van der Waals surface area contributed by atoms with Crippen LogP contribution in [0.5, 0.6) is 0 Å². The molecule has 1 N–H and O–H groups in total. The first kappa shape index (κ1) is 12.8. The number of hydrogen-bond donors (Lipinski definition) is 1. The van der Waals surface area contributed by atoms with Crippen LogP contribution in [0.3, 0.4) is 0 Å².